The van der Waals surface area contributed by atoms with Crippen LogP contribution in [-0.4, -0.2) is 32.4 Å². The van der Waals surface area contributed by atoms with Crippen LogP contribution in [0.5, 0.6) is 0 Å². The molecule has 0 saturated carbocycles. The number of carbonyl (C=O) groups excluding carboxylic acids is 1. The van der Waals surface area contributed by atoms with Crippen LogP contribution >= 0.6 is 12.2 Å². The van der Waals surface area contributed by atoms with Crippen molar-refractivity contribution in [3.8, 4) is 11.3 Å². The molecular weight excluding hydrogens is 509 g/mol. The van der Waals surface area contributed by atoms with Crippen molar-refractivity contribution in [2.24, 2.45) is 0 Å². The molecule has 2 N–H and O–H groups in total. The van der Waals surface area contributed by atoms with Crippen LogP contribution in [0.1, 0.15) is 30.0 Å². The number of nitrogens with zero attached hydrogens (tertiary/aromatic N) is 3. The lowest BCUT2D eigenvalue weighted by molar-refractivity contribution is -0.384. The van der Waals surface area contributed by atoms with E-state index >= 15 is 0 Å². The highest BCUT2D eigenvalue weighted by Crippen LogP contribution is 2.41. The summed E-state index contributed by atoms with van der Waals surface area (Å²) in [5.41, 5.74) is 1.09. The molecule has 1 fully saturated rings. The summed E-state index contributed by atoms with van der Waals surface area (Å²) in [6.07, 6.45) is 1.70. The van der Waals surface area contributed by atoms with Gasteiger partial charge in [-0.3, -0.25) is 19.9 Å². The van der Waals surface area contributed by atoms with E-state index in [1.165, 1.54) is 18.2 Å². The van der Waals surface area contributed by atoms with Gasteiger partial charge in [-0.15, -0.1) is 0 Å². The minimum atomic E-state index is -0.523. The number of furan rings is 1. The van der Waals surface area contributed by atoms with Crippen LogP contribution in [-0.2, 0) is 4.79 Å². The number of halogens is 1. The van der Waals surface area contributed by atoms with Crippen LogP contribution in [0.2, 0.25) is 0 Å². The molecule has 0 bridgehead atoms. The second-order valence-corrected chi connectivity index (χ2v) is 8.96. The Bertz CT molecular complexity index is 1500. The van der Waals surface area contributed by atoms with Crippen molar-refractivity contribution in [3.05, 3.63) is 112 Å². The molecule has 3 heterocycles. The number of rotatable bonds is 8. The highest BCUT2D eigenvalue weighted by atomic mass is 32.1. The summed E-state index contributed by atoms with van der Waals surface area (Å²) in [7, 11) is 0. The number of anilines is 1. The first-order valence-corrected chi connectivity index (χ1v) is 12.2. The molecule has 9 nitrogen and oxygen atoms in total. The van der Waals surface area contributed by atoms with E-state index in [-0.39, 0.29) is 30.2 Å². The Hall–Kier alpha value is -4.64. The molecule has 192 valence electrons. The summed E-state index contributed by atoms with van der Waals surface area (Å²) in [4.78, 5) is 30.0. The molecule has 1 amide bonds. The van der Waals surface area contributed by atoms with Crippen molar-refractivity contribution in [1.29, 1.82) is 0 Å². The fourth-order valence-electron chi connectivity index (χ4n) is 4.45. The topological polar surface area (TPSA) is 114 Å². The predicted molar refractivity (Wildman–Crippen MR) is 143 cm³/mol. The van der Waals surface area contributed by atoms with Crippen molar-refractivity contribution in [2.75, 3.05) is 11.9 Å². The highest BCUT2D eigenvalue weighted by molar-refractivity contribution is 7.80. The molecule has 0 unspecified atom stereocenters. The molecule has 0 spiro atoms. The van der Waals surface area contributed by atoms with Crippen LogP contribution in [0.25, 0.3) is 11.3 Å². The minimum absolute atomic E-state index is 0.0271. The van der Waals surface area contributed by atoms with E-state index in [9.17, 15) is 19.3 Å². The molecule has 0 radical (unpaired) electrons. The van der Waals surface area contributed by atoms with E-state index in [2.05, 4.69) is 15.6 Å². The average molecular weight is 532 g/mol. The van der Waals surface area contributed by atoms with Gasteiger partial charge in [0.2, 0.25) is 5.91 Å². The van der Waals surface area contributed by atoms with Gasteiger partial charge in [0.15, 0.2) is 5.11 Å². The maximum Gasteiger partial charge on any atom is 0.280 e. The number of hydrogen-bond acceptors (Lipinski definition) is 6. The Morgan fingerprint density at radius 1 is 1.11 bits per heavy atom. The van der Waals surface area contributed by atoms with Crippen molar-refractivity contribution in [3.63, 3.8) is 0 Å². The molecule has 5 rings (SSSR count). The molecule has 1 saturated heterocycles. The van der Waals surface area contributed by atoms with E-state index in [4.69, 9.17) is 16.6 Å². The SMILES string of the molecule is O=C(CCN1C(=S)N[C@@H](c2ccccn2)[C@@H]1c1ccc(-c2ccccc2[N+](=O)[O-])o1)Nc1ccccc1F. The third-order valence-electron chi connectivity index (χ3n) is 6.21. The molecule has 1 aliphatic rings. The van der Waals surface area contributed by atoms with Crippen LogP contribution in [0.3, 0.4) is 0 Å². The summed E-state index contributed by atoms with van der Waals surface area (Å²) < 4.78 is 20.1. The Kier molecular flexibility index (Phi) is 7.09. The van der Waals surface area contributed by atoms with E-state index in [0.29, 0.717) is 27.9 Å². The Morgan fingerprint density at radius 2 is 1.87 bits per heavy atom. The van der Waals surface area contributed by atoms with Gasteiger partial charge >= 0.3 is 0 Å². The number of amides is 1. The number of nitro groups is 1. The highest BCUT2D eigenvalue weighted by Gasteiger charge is 2.41. The number of para-hydroxylation sites is 2. The van der Waals surface area contributed by atoms with Gasteiger partial charge in [-0.05, 0) is 54.7 Å². The Morgan fingerprint density at radius 3 is 2.63 bits per heavy atom. The zero-order valence-electron chi connectivity index (χ0n) is 19.9. The lowest BCUT2D eigenvalue weighted by atomic mass is 10.0. The number of nitrogens with one attached hydrogen (secondary N) is 2. The standard InChI is InChI=1S/C27H22FN5O4S/c28-18-8-2-3-9-19(18)30-24(34)14-16-32-26(25(31-27(32)38)20-10-5-6-15-29-20)23-13-12-22(37-23)17-7-1-4-11-21(17)33(35)36/h1-13,15,25-26H,14,16H2,(H,30,34)(H,31,38)/t25-,26-/m0/s1. The van der Waals surface area contributed by atoms with Crippen molar-refractivity contribution >= 4 is 34.6 Å². The maximum absolute atomic E-state index is 14.0. The smallest absolute Gasteiger partial charge is 0.280 e. The number of pyridine rings is 1. The zero-order valence-corrected chi connectivity index (χ0v) is 20.7. The van der Waals surface area contributed by atoms with Crippen LogP contribution in [0.4, 0.5) is 15.8 Å². The molecular formula is C27H22FN5O4S. The van der Waals surface area contributed by atoms with Crippen LogP contribution < -0.4 is 10.6 Å². The summed E-state index contributed by atoms with van der Waals surface area (Å²) in [5.74, 6) is -0.0683. The lowest BCUT2D eigenvalue weighted by Crippen LogP contribution is -2.32. The molecule has 2 aromatic carbocycles. The molecule has 0 aliphatic carbocycles. The first kappa shape index (κ1) is 25.0. The molecule has 1 aliphatic heterocycles. The van der Waals surface area contributed by atoms with E-state index in [0.717, 1.165) is 0 Å². The van der Waals surface area contributed by atoms with Crippen molar-refractivity contribution < 1.29 is 18.5 Å². The van der Waals surface area contributed by atoms with E-state index < -0.39 is 22.8 Å². The summed E-state index contributed by atoms with van der Waals surface area (Å²) in [6, 6.07) is 20.3. The second-order valence-electron chi connectivity index (χ2n) is 8.57. The number of benzene rings is 2. The van der Waals surface area contributed by atoms with E-state index in [1.807, 2.05) is 17.0 Å². The summed E-state index contributed by atoms with van der Waals surface area (Å²) in [6.45, 7) is 0.210. The van der Waals surface area contributed by atoms with Gasteiger partial charge in [-0.2, -0.15) is 0 Å². The number of nitro benzene ring substituents is 1. The zero-order chi connectivity index (χ0) is 26.6. The largest absolute Gasteiger partial charge is 0.459 e. The van der Waals surface area contributed by atoms with Gasteiger partial charge in [-0.25, -0.2) is 4.39 Å². The first-order valence-electron chi connectivity index (χ1n) is 11.8. The van der Waals surface area contributed by atoms with Gasteiger partial charge in [0.05, 0.1) is 27.9 Å². The normalized spacial score (nSPS) is 16.8. The number of carbonyl (C=O) groups is 1. The van der Waals surface area contributed by atoms with Gasteiger partial charge < -0.3 is 20.0 Å². The average Bonchev–Trinajstić information content (AvgIpc) is 3.53. The molecule has 2 aromatic heterocycles. The van der Waals surface area contributed by atoms with Crippen molar-refractivity contribution in [2.45, 2.75) is 18.5 Å². The quantitative estimate of drug-likeness (QED) is 0.177. The number of hydrogen-bond donors (Lipinski definition) is 2. The second kappa shape index (κ2) is 10.8. The molecule has 38 heavy (non-hydrogen) atoms. The third kappa shape index (κ3) is 5.09. The number of aromatic nitrogens is 1. The van der Waals surface area contributed by atoms with Crippen molar-refractivity contribution in [1.82, 2.24) is 15.2 Å². The van der Waals surface area contributed by atoms with Gasteiger partial charge in [0, 0.05) is 25.2 Å². The maximum atomic E-state index is 14.0. The fraction of sp³-hybridized carbons (Fsp3) is 0.148. The molecule has 2 atom stereocenters. The fourth-order valence-corrected chi connectivity index (χ4v) is 4.78. The Balaban J connectivity index is 1.43. The summed E-state index contributed by atoms with van der Waals surface area (Å²) in [5, 5.41) is 17.8. The lowest BCUT2D eigenvalue weighted by Gasteiger charge is -2.25. The predicted octanol–water partition coefficient (Wildman–Crippen LogP) is 5.39. The van der Waals surface area contributed by atoms with Gasteiger partial charge in [0.25, 0.3) is 5.69 Å². The van der Waals surface area contributed by atoms with Gasteiger partial charge in [-0.1, -0.05) is 30.3 Å². The van der Waals surface area contributed by atoms with Crippen LogP contribution in [0.15, 0.2) is 89.5 Å². The molecule has 11 heteroatoms. The monoisotopic (exact) mass is 531 g/mol. The third-order valence-corrected chi connectivity index (χ3v) is 6.56. The number of thiocarbonyl (C=S) groups is 1. The van der Waals surface area contributed by atoms with Gasteiger partial charge in [0.1, 0.15) is 23.4 Å². The first-order chi connectivity index (χ1) is 18.4. The minimum Gasteiger partial charge on any atom is -0.459 e. The summed E-state index contributed by atoms with van der Waals surface area (Å²) >= 11 is 5.62. The molecule has 4 aromatic rings. The Labute approximate surface area is 222 Å². The van der Waals surface area contributed by atoms with Crippen LogP contribution in [0, 0.1) is 15.9 Å². The van der Waals surface area contributed by atoms with E-state index in [1.54, 1.807) is 54.7 Å².